The Kier molecular flexibility index (Phi) is 8.06. The molecule has 0 radical (unpaired) electrons. The van der Waals surface area contributed by atoms with Crippen LogP contribution in [0.1, 0.15) is 44.3 Å². The normalized spacial score (nSPS) is 18.9. The van der Waals surface area contributed by atoms with Crippen molar-refractivity contribution in [2.45, 2.75) is 51.7 Å². The third-order valence-electron chi connectivity index (χ3n) is 3.47. The van der Waals surface area contributed by atoms with Gasteiger partial charge in [0.05, 0.1) is 18.3 Å². The maximum atomic E-state index is 5.60. The molecular weight excluding hydrogens is 411 g/mol. The van der Waals surface area contributed by atoms with Crippen molar-refractivity contribution in [2.24, 2.45) is 4.99 Å². The summed E-state index contributed by atoms with van der Waals surface area (Å²) < 4.78 is 5.60. The number of nitrogens with zero attached hydrogens (tertiary/aromatic N) is 2. The summed E-state index contributed by atoms with van der Waals surface area (Å²) in [5, 5.41) is 9.84. The summed E-state index contributed by atoms with van der Waals surface area (Å²) in [5.41, 5.74) is 1.25. The van der Waals surface area contributed by atoms with Gasteiger partial charge >= 0.3 is 0 Å². The smallest absolute Gasteiger partial charge is 0.191 e. The molecule has 0 amide bonds. The minimum Gasteiger partial charge on any atom is -0.376 e. The molecule has 22 heavy (non-hydrogen) atoms. The van der Waals surface area contributed by atoms with E-state index in [4.69, 9.17) is 4.74 Å². The van der Waals surface area contributed by atoms with E-state index in [2.05, 4.69) is 46.8 Å². The lowest BCUT2D eigenvalue weighted by Crippen LogP contribution is -2.40. The number of aliphatic imine (C=N–C) groups is 1. The average molecular weight is 438 g/mol. The number of halogens is 1. The Balaban J connectivity index is 0.00000242. The Hall–Kier alpha value is -0.410. The zero-order valence-corrected chi connectivity index (χ0v) is 17.0. The van der Waals surface area contributed by atoms with E-state index in [1.54, 1.807) is 18.4 Å². The lowest BCUT2D eigenvalue weighted by Gasteiger charge is -2.15. The molecule has 0 spiro atoms. The quantitative estimate of drug-likeness (QED) is 0.431. The SMILES string of the molecule is CN=C(NCc1nc(C(C)(C)C)cs1)NCC1CCCO1.I. The largest absolute Gasteiger partial charge is 0.376 e. The highest BCUT2D eigenvalue weighted by atomic mass is 127. The second-order valence-corrected chi connectivity index (χ2v) is 7.26. The molecule has 2 heterocycles. The number of thiazole rings is 1. The van der Waals surface area contributed by atoms with Crippen molar-refractivity contribution in [3.8, 4) is 0 Å². The van der Waals surface area contributed by atoms with Gasteiger partial charge in [0.25, 0.3) is 0 Å². The van der Waals surface area contributed by atoms with Crippen LogP contribution in [-0.2, 0) is 16.7 Å². The van der Waals surface area contributed by atoms with Gasteiger partial charge in [-0.15, -0.1) is 35.3 Å². The molecule has 7 heteroatoms. The zero-order valence-electron chi connectivity index (χ0n) is 13.8. The van der Waals surface area contributed by atoms with E-state index >= 15 is 0 Å². The van der Waals surface area contributed by atoms with Gasteiger partial charge in [-0.05, 0) is 12.8 Å². The number of aromatic nitrogens is 1. The van der Waals surface area contributed by atoms with Crippen LogP contribution in [0.2, 0.25) is 0 Å². The summed E-state index contributed by atoms with van der Waals surface area (Å²) in [6.07, 6.45) is 2.61. The van der Waals surface area contributed by atoms with E-state index in [-0.39, 0.29) is 29.4 Å². The van der Waals surface area contributed by atoms with E-state index in [9.17, 15) is 0 Å². The highest BCUT2D eigenvalue weighted by Gasteiger charge is 2.18. The van der Waals surface area contributed by atoms with Crippen LogP contribution in [0.4, 0.5) is 0 Å². The van der Waals surface area contributed by atoms with E-state index in [0.717, 1.165) is 42.7 Å². The molecule has 1 aliphatic rings. The molecule has 1 aliphatic heterocycles. The molecule has 5 nitrogen and oxygen atoms in total. The Bertz CT molecular complexity index is 478. The summed E-state index contributed by atoms with van der Waals surface area (Å²) in [5.74, 6) is 0.804. The van der Waals surface area contributed by atoms with Gasteiger partial charge in [0.2, 0.25) is 0 Å². The molecule has 1 atom stereocenters. The fraction of sp³-hybridized carbons (Fsp3) is 0.733. The molecule has 2 rings (SSSR count). The molecule has 1 unspecified atom stereocenters. The van der Waals surface area contributed by atoms with E-state index < -0.39 is 0 Å². The molecular formula is C15H27IN4OS. The van der Waals surface area contributed by atoms with Gasteiger partial charge in [-0.3, -0.25) is 4.99 Å². The first kappa shape index (κ1) is 19.6. The molecule has 1 saturated heterocycles. The highest BCUT2D eigenvalue weighted by Crippen LogP contribution is 2.23. The van der Waals surface area contributed by atoms with Crippen molar-refractivity contribution in [2.75, 3.05) is 20.2 Å². The fourth-order valence-electron chi connectivity index (χ4n) is 2.13. The molecule has 0 aromatic carbocycles. The van der Waals surface area contributed by atoms with E-state index in [0.29, 0.717) is 12.6 Å². The van der Waals surface area contributed by atoms with Crippen LogP contribution in [0.3, 0.4) is 0 Å². The maximum Gasteiger partial charge on any atom is 0.191 e. The Morgan fingerprint density at radius 2 is 2.23 bits per heavy atom. The number of rotatable bonds is 4. The zero-order chi connectivity index (χ0) is 15.3. The van der Waals surface area contributed by atoms with Crippen molar-refractivity contribution in [1.29, 1.82) is 0 Å². The minimum absolute atomic E-state index is 0. The van der Waals surface area contributed by atoms with Gasteiger partial charge in [-0.25, -0.2) is 4.98 Å². The number of hydrogen-bond donors (Lipinski definition) is 2. The second kappa shape index (κ2) is 9.02. The van der Waals surface area contributed by atoms with Gasteiger partial charge in [0, 0.05) is 31.0 Å². The number of guanidine groups is 1. The van der Waals surface area contributed by atoms with Crippen molar-refractivity contribution < 1.29 is 4.74 Å². The molecule has 1 aromatic rings. The van der Waals surface area contributed by atoms with Gasteiger partial charge < -0.3 is 15.4 Å². The molecule has 126 valence electrons. The van der Waals surface area contributed by atoms with Crippen molar-refractivity contribution in [3.63, 3.8) is 0 Å². The first-order valence-corrected chi connectivity index (χ1v) is 8.38. The monoisotopic (exact) mass is 438 g/mol. The topological polar surface area (TPSA) is 58.5 Å². The number of hydrogen-bond acceptors (Lipinski definition) is 4. The predicted octanol–water partition coefficient (Wildman–Crippen LogP) is 2.90. The third kappa shape index (κ3) is 6.00. The molecule has 0 aliphatic carbocycles. The summed E-state index contributed by atoms with van der Waals surface area (Å²) in [6, 6.07) is 0. The van der Waals surface area contributed by atoms with Crippen molar-refractivity contribution in [3.05, 3.63) is 16.1 Å². The fourth-order valence-corrected chi connectivity index (χ4v) is 3.09. The first-order chi connectivity index (χ1) is 9.99. The second-order valence-electron chi connectivity index (χ2n) is 6.32. The standard InChI is InChI=1S/C15H26N4OS.HI/c1-15(2,3)12-10-21-13(19-12)9-18-14(16-4)17-8-11-6-5-7-20-11;/h10-11H,5-9H2,1-4H3,(H2,16,17,18);1H. The summed E-state index contributed by atoms with van der Waals surface area (Å²) >= 11 is 1.69. The molecule has 0 saturated carbocycles. The Labute approximate surface area is 154 Å². The molecule has 1 fully saturated rings. The van der Waals surface area contributed by atoms with Crippen LogP contribution < -0.4 is 10.6 Å². The Morgan fingerprint density at radius 3 is 2.77 bits per heavy atom. The van der Waals surface area contributed by atoms with Crippen LogP contribution in [-0.4, -0.2) is 37.2 Å². The summed E-state index contributed by atoms with van der Waals surface area (Å²) in [4.78, 5) is 8.91. The summed E-state index contributed by atoms with van der Waals surface area (Å²) in [7, 11) is 1.78. The Morgan fingerprint density at radius 1 is 1.45 bits per heavy atom. The van der Waals surface area contributed by atoms with Crippen LogP contribution in [0.5, 0.6) is 0 Å². The predicted molar refractivity (Wildman–Crippen MR) is 103 cm³/mol. The van der Waals surface area contributed by atoms with Crippen LogP contribution in [0.25, 0.3) is 0 Å². The maximum absolute atomic E-state index is 5.60. The van der Waals surface area contributed by atoms with Gasteiger partial charge in [0.1, 0.15) is 5.01 Å². The van der Waals surface area contributed by atoms with Gasteiger partial charge in [-0.2, -0.15) is 0 Å². The van der Waals surface area contributed by atoms with E-state index in [1.807, 2.05) is 0 Å². The average Bonchev–Trinajstić information content (AvgIpc) is 3.09. The van der Waals surface area contributed by atoms with Gasteiger partial charge in [-0.1, -0.05) is 20.8 Å². The molecule has 0 bridgehead atoms. The third-order valence-corrected chi connectivity index (χ3v) is 4.32. The number of ether oxygens (including phenoxy) is 1. The lowest BCUT2D eigenvalue weighted by atomic mass is 9.93. The van der Waals surface area contributed by atoms with Crippen LogP contribution in [0.15, 0.2) is 10.4 Å². The number of nitrogens with one attached hydrogen (secondary N) is 2. The first-order valence-electron chi connectivity index (χ1n) is 7.50. The highest BCUT2D eigenvalue weighted by molar-refractivity contribution is 14.0. The van der Waals surface area contributed by atoms with Crippen molar-refractivity contribution in [1.82, 2.24) is 15.6 Å². The van der Waals surface area contributed by atoms with Crippen LogP contribution in [0, 0.1) is 0 Å². The van der Waals surface area contributed by atoms with E-state index in [1.165, 1.54) is 0 Å². The lowest BCUT2D eigenvalue weighted by molar-refractivity contribution is 0.114. The molecule has 1 aromatic heterocycles. The van der Waals surface area contributed by atoms with Crippen LogP contribution >= 0.6 is 35.3 Å². The van der Waals surface area contributed by atoms with Gasteiger partial charge in [0.15, 0.2) is 5.96 Å². The van der Waals surface area contributed by atoms with Crippen molar-refractivity contribution >= 4 is 41.3 Å². The molecule has 2 N–H and O–H groups in total. The minimum atomic E-state index is 0. The summed E-state index contributed by atoms with van der Waals surface area (Å²) in [6.45, 7) is 8.94.